The average molecular weight is 202 g/mol. The summed E-state index contributed by atoms with van der Waals surface area (Å²) in [6.45, 7) is 6.34. The van der Waals surface area contributed by atoms with Crippen molar-refractivity contribution in [3.63, 3.8) is 0 Å². The molecule has 0 aromatic rings. The summed E-state index contributed by atoms with van der Waals surface area (Å²) in [6, 6.07) is 0. The highest BCUT2D eigenvalue weighted by Crippen LogP contribution is 2.49. The summed E-state index contributed by atoms with van der Waals surface area (Å²) in [5.41, 5.74) is 0. The van der Waals surface area contributed by atoms with Crippen molar-refractivity contribution in [3.05, 3.63) is 0 Å². The molecule has 3 heteroatoms. The average Bonchev–Trinajstić information content (AvgIpc) is 2.00. The molecular formula is C10H18O2S. The van der Waals surface area contributed by atoms with E-state index in [-0.39, 0.29) is 0 Å². The summed E-state index contributed by atoms with van der Waals surface area (Å²) in [7, 11) is 0. The molecule has 2 nitrogen and oxygen atoms in total. The molecule has 1 fully saturated rings. The molecule has 0 amide bonds. The first kappa shape index (κ1) is 10.9. The lowest BCUT2D eigenvalue weighted by Crippen LogP contribution is -2.47. The van der Waals surface area contributed by atoms with Gasteiger partial charge in [-0.15, -0.1) is 11.8 Å². The minimum atomic E-state index is -0.615. The summed E-state index contributed by atoms with van der Waals surface area (Å²) in [6.07, 6.45) is 2.74. The molecular weight excluding hydrogens is 184 g/mol. The molecule has 0 aliphatic heterocycles. The quantitative estimate of drug-likeness (QED) is 0.761. The van der Waals surface area contributed by atoms with E-state index in [1.54, 1.807) is 11.8 Å². The lowest BCUT2D eigenvalue weighted by Gasteiger charge is -2.43. The molecule has 0 radical (unpaired) electrons. The van der Waals surface area contributed by atoms with Crippen molar-refractivity contribution in [2.45, 2.75) is 50.0 Å². The minimum Gasteiger partial charge on any atom is -0.480 e. The Kier molecular flexibility index (Phi) is 3.28. The fourth-order valence-electron chi connectivity index (χ4n) is 1.86. The van der Waals surface area contributed by atoms with Crippen molar-refractivity contribution in [1.29, 1.82) is 0 Å². The Bertz CT molecular complexity index is 197. The van der Waals surface area contributed by atoms with E-state index in [2.05, 4.69) is 20.8 Å². The fraction of sp³-hybridized carbons (Fsp3) is 0.900. The van der Waals surface area contributed by atoms with Gasteiger partial charge < -0.3 is 5.11 Å². The molecule has 0 spiro atoms. The first-order valence-corrected chi connectivity index (χ1v) is 5.79. The van der Waals surface area contributed by atoms with Gasteiger partial charge in [-0.1, -0.05) is 20.8 Å². The Balaban J connectivity index is 2.55. The molecule has 1 atom stereocenters. The molecule has 76 valence electrons. The van der Waals surface area contributed by atoms with Crippen LogP contribution in [-0.4, -0.2) is 21.1 Å². The van der Waals surface area contributed by atoms with Crippen molar-refractivity contribution >= 4 is 17.7 Å². The van der Waals surface area contributed by atoms with Gasteiger partial charge in [-0.2, -0.15) is 0 Å². The Morgan fingerprint density at radius 1 is 1.69 bits per heavy atom. The van der Waals surface area contributed by atoms with Crippen LogP contribution < -0.4 is 0 Å². The smallest absolute Gasteiger partial charge is 0.319 e. The number of carbonyl (C=O) groups is 1. The van der Waals surface area contributed by atoms with Crippen molar-refractivity contribution < 1.29 is 9.90 Å². The predicted octanol–water partition coefficient (Wildman–Crippen LogP) is 2.77. The topological polar surface area (TPSA) is 37.3 Å². The second kappa shape index (κ2) is 3.91. The first-order chi connectivity index (χ1) is 6.00. The summed E-state index contributed by atoms with van der Waals surface area (Å²) in [5.74, 6) is -0.0245. The molecule has 0 aromatic heterocycles. The van der Waals surface area contributed by atoms with Crippen LogP contribution in [0.2, 0.25) is 0 Å². The lowest BCUT2D eigenvalue weighted by molar-refractivity contribution is -0.143. The fourth-order valence-corrected chi connectivity index (χ4v) is 3.65. The maximum absolute atomic E-state index is 11.1. The highest BCUT2D eigenvalue weighted by molar-refractivity contribution is 8.02. The Hall–Kier alpha value is -0.180. The molecule has 0 heterocycles. The van der Waals surface area contributed by atoms with Gasteiger partial charge in [0.15, 0.2) is 0 Å². The predicted molar refractivity (Wildman–Crippen MR) is 56.1 cm³/mol. The largest absolute Gasteiger partial charge is 0.480 e. The zero-order valence-electron chi connectivity index (χ0n) is 8.54. The van der Waals surface area contributed by atoms with Crippen molar-refractivity contribution in [2.75, 3.05) is 0 Å². The zero-order valence-corrected chi connectivity index (χ0v) is 9.36. The first-order valence-electron chi connectivity index (χ1n) is 4.91. The van der Waals surface area contributed by atoms with Crippen molar-refractivity contribution in [1.82, 2.24) is 0 Å². The number of carboxylic acids is 1. The van der Waals surface area contributed by atoms with Gasteiger partial charge in [0.25, 0.3) is 0 Å². The SMILES string of the molecule is CCC(C)SC1(C(=O)O)CC(C)C1. The van der Waals surface area contributed by atoms with Crippen molar-refractivity contribution in [2.24, 2.45) is 5.92 Å². The minimum absolute atomic E-state index is 0.450. The second-order valence-corrected chi connectivity index (χ2v) is 5.97. The Morgan fingerprint density at radius 2 is 2.23 bits per heavy atom. The second-order valence-electron chi connectivity index (χ2n) is 4.15. The van der Waals surface area contributed by atoms with Crippen molar-refractivity contribution in [3.8, 4) is 0 Å². The summed E-state index contributed by atoms with van der Waals surface area (Å²) in [5, 5.41) is 9.59. The standard InChI is InChI=1S/C10H18O2S/c1-4-8(3)13-10(9(11)12)5-7(2)6-10/h7-8H,4-6H2,1-3H3,(H,11,12). The normalized spacial score (nSPS) is 35.2. The van der Waals surface area contributed by atoms with Crippen LogP contribution in [0, 0.1) is 5.92 Å². The van der Waals surface area contributed by atoms with Crippen LogP contribution in [0.25, 0.3) is 0 Å². The third-order valence-corrected chi connectivity index (χ3v) is 4.44. The molecule has 1 N–H and O–H groups in total. The maximum atomic E-state index is 11.1. The third-order valence-electron chi connectivity index (χ3n) is 2.75. The van der Waals surface area contributed by atoms with E-state index in [1.165, 1.54) is 0 Å². The van der Waals surface area contributed by atoms with Crippen LogP contribution in [0.5, 0.6) is 0 Å². The van der Waals surface area contributed by atoms with E-state index in [1.807, 2.05) is 0 Å². The summed E-state index contributed by atoms with van der Waals surface area (Å²) in [4.78, 5) is 11.1. The number of thioether (sulfide) groups is 1. The number of hydrogen-bond donors (Lipinski definition) is 1. The van der Waals surface area contributed by atoms with E-state index >= 15 is 0 Å². The van der Waals surface area contributed by atoms with Gasteiger partial charge in [0, 0.05) is 5.25 Å². The van der Waals surface area contributed by atoms with Crippen LogP contribution in [0.4, 0.5) is 0 Å². The molecule has 1 unspecified atom stereocenters. The Morgan fingerprint density at radius 3 is 2.54 bits per heavy atom. The molecule has 1 saturated carbocycles. The Labute approximate surface area is 84.1 Å². The number of carboxylic acid groups (broad SMARTS) is 1. The molecule has 0 saturated heterocycles. The van der Waals surface area contributed by atoms with Crippen LogP contribution in [0.1, 0.15) is 40.0 Å². The van der Waals surface area contributed by atoms with Gasteiger partial charge in [-0.3, -0.25) is 4.79 Å². The van der Waals surface area contributed by atoms with Gasteiger partial charge in [-0.25, -0.2) is 0 Å². The highest BCUT2D eigenvalue weighted by Gasteiger charge is 2.49. The summed E-state index contributed by atoms with van der Waals surface area (Å²) < 4.78 is -0.450. The number of hydrogen-bond acceptors (Lipinski definition) is 2. The van der Waals surface area contributed by atoms with Gasteiger partial charge >= 0.3 is 5.97 Å². The monoisotopic (exact) mass is 202 g/mol. The molecule has 1 aliphatic rings. The van der Waals surface area contributed by atoms with Crippen LogP contribution in [0.3, 0.4) is 0 Å². The third kappa shape index (κ3) is 2.19. The highest BCUT2D eigenvalue weighted by atomic mass is 32.2. The summed E-state index contributed by atoms with van der Waals surface area (Å²) >= 11 is 1.65. The molecule has 13 heavy (non-hydrogen) atoms. The van der Waals surface area contributed by atoms with Gasteiger partial charge in [-0.05, 0) is 25.2 Å². The van der Waals surface area contributed by atoms with Crippen LogP contribution in [-0.2, 0) is 4.79 Å². The van der Waals surface area contributed by atoms with E-state index in [0.717, 1.165) is 19.3 Å². The van der Waals surface area contributed by atoms with E-state index < -0.39 is 10.7 Å². The van der Waals surface area contributed by atoms with Gasteiger partial charge in [0.1, 0.15) is 4.75 Å². The lowest BCUT2D eigenvalue weighted by atomic mass is 9.75. The van der Waals surface area contributed by atoms with E-state index in [0.29, 0.717) is 11.2 Å². The molecule has 1 aliphatic carbocycles. The van der Waals surface area contributed by atoms with E-state index in [4.69, 9.17) is 5.11 Å². The van der Waals surface area contributed by atoms with Crippen LogP contribution >= 0.6 is 11.8 Å². The number of rotatable bonds is 4. The van der Waals surface area contributed by atoms with Gasteiger partial charge in [0.05, 0.1) is 0 Å². The van der Waals surface area contributed by atoms with Crippen LogP contribution in [0.15, 0.2) is 0 Å². The molecule has 1 rings (SSSR count). The number of aliphatic carboxylic acids is 1. The van der Waals surface area contributed by atoms with E-state index in [9.17, 15) is 4.79 Å². The maximum Gasteiger partial charge on any atom is 0.319 e. The zero-order chi connectivity index (χ0) is 10.1. The molecule has 0 bridgehead atoms. The van der Waals surface area contributed by atoms with Gasteiger partial charge in [0.2, 0.25) is 0 Å². The molecule has 0 aromatic carbocycles.